The minimum absolute atomic E-state index is 0.0718. The Morgan fingerprint density at radius 1 is 1.40 bits per heavy atom. The largest absolute Gasteiger partial charge is 0.506 e. The number of phenolic OH excluding ortho intramolecular Hbond substituents is 1. The van der Waals surface area contributed by atoms with E-state index < -0.39 is 21.8 Å². The third-order valence-electron chi connectivity index (χ3n) is 2.67. The molecule has 0 aliphatic heterocycles. The summed E-state index contributed by atoms with van der Waals surface area (Å²) in [5.41, 5.74) is -0.201. The number of nitrogens with one attached hydrogen (secondary N) is 2. The Morgan fingerprint density at radius 2 is 2.05 bits per heavy atom. The van der Waals surface area contributed by atoms with Gasteiger partial charge in [0.1, 0.15) is 5.75 Å². The molecular formula is C12H13FN2O4S. The summed E-state index contributed by atoms with van der Waals surface area (Å²) in [6, 6.07) is 3.29. The normalized spacial score (nSPS) is 14.8. The topological polar surface area (TPSA) is 95.5 Å². The standard InChI is InChI=1S/C12H13FN2O4S/c1-7(13)12(17)14-10-6-9(4-5-11(10)16)20(18,19)15-8-2-3-8/h4-6,8,15-16H,1-3H2,(H,14,17). The van der Waals surface area contributed by atoms with Gasteiger partial charge in [0.25, 0.3) is 5.91 Å². The van der Waals surface area contributed by atoms with Crippen molar-refractivity contribution in [2.75, 3.05) is 5.32 Å². The number of anilines is 1. The van der Waals surface area contributed by atoms with Crippen LogP contribution in [-0.4, -0.2) is 25.5 Å². The Labute approximate surface area is 115 Å². The van der Waals surface area contributed by atoms with Crippen molar-refractivity contribution < 1.29 is 22.7 Å². The number of benzene rings is 1. The average molecular weight is 300 g/mol. The van der Waals surface area contributed by atoms with Crippen LogP contribution in [-0.2, 0) is 14.8 Å². The minimum atomic E-state index is -3.72. The van der Waals surface area contributed by atoms with E-state index in [-0.39, 0.29) is 22.4 Å². The molecule has 1 saturated carbocycles. The van der Waals surface area contributed by atoms with Gasteiger partial charge in [0.2, 0.25) is 10.0 Å². The Hall–Kier alpha value is -1.93. The molecule has 0 spiro atoms. The van der Waals surface area contributed by atoms with E-state index in [0.29, 0.717) is 0 Å². The van der Waals surface area contributed by atoms with Gasteiger partial charge in [-0.3, -0.25) is 4.79 Å². The summed E-state index contributed by atoms with van der Waals surface area (Å²) in [4.78, 5) is 11.0. The third kappa shape index (κ3) is 3.34. The van der Waals surface area contributed by atoms with Gasteiger partial charge in [-0.15, -0.1) is 0 Å². The Balaban J connectivity index is 2.27. The van der Waals surface area contributed by atoms with Gasteiger partial charge in [-0.05, 0) is 31.0 Å². The number of carbonyl (C=O) groups excluding carboxylic acids is 1. The molecule has 0 saturated heterocycles. The van der Waals surface area contributed by atoms with E-state index in [4.69, 9.17) is 0 Å². The van der Waals surface area contributed by atoms with Crippen molar-refractivity contribution in [1.29, 1.82) is 0 Å². The fourth-order valence-electron chi connectivity index (χ4n) is 1.46. The van der Waals surface area contributed by atoms with Crippen molar-refractivity contribution in [2.45, 2.75) is 23.8 Å². The second-order valence-corrected chi connectivity index (χ2v) is 6.15. The molecule has 1 aliphatic rings. The first-order chi connectivity index (χ1) is 9.29. The van der Waals surface area contributed by atoms with Crippen LogP contribution in [0.2, 0.25) is 0 Å². The molecule has 20 heavy (non-hydrogen) atoms. The van der Waals surface area contributed by atoms with E-state index in [1.165, 1.54) is 6.07 Å². The van der Waals surface area contributed by atoms with Gasteiger partial charge in [0.15, 0.2) is 5.83 Å². The van der Waals surface area contributed by atoms with Crippen molar-refractivity contribution in [3.63, 3.8) is 0 Å². The monoisotopic (exact) mass is 300 g/mol. The molecule has 1 fully saturated rings. The number of phenols is 1. The molecule has 0 radical (unpaired) electrons. The zero-order chi connectivity index (χ0) is 14.9. The molecule has 1 amide bonds. The van der Waals surface area contributed by atoms with E-state index in [0.717, 1.165) is 25.0 Å². The smallest absolute Gasteiger partial charge is 0.283 e. The number of hydrogen-bond donors (Lipinski definition) is 3. The Morgan fingerprint density at radius 3 is 2.60 bits per heavy atom. The van der Waals surface area contributed by atoms with Gasteiger partial charge in [-0.2, -0.15) is 0 Å². The molecule has 8 heteroatoms. The van der Waals surface area contributed by atoms with Crippen LogP contribution in [0.4, 0.5) is 10.1 Å². The van der Waals surface area contributed by atoms with Crippen molar-refractivity contribution >= 4 is 21.6 Å². The van der Waals surface area contributed by atoms with Crippen LogP contribution >= 0.6 is 0 Å². The van der Waals surface area contributed by atoms with Gasteiger partial charge in [0.05, 0.1) is 10.6 Å². The van der Waals surface area contributed by atoms with Crippen LogP contribution in [0.1, 0.15) is 12.8 Å². The zero-order valence-corrected chi connectivity index (χ0v) is 11.2. The Bertz CT molecular complexity index is 668. The molecule has 0 unspecified atom stereocenters. The van der Waals surface area contributed by atoms with Crippen molar-refractivity contribution in [1.82, 2.24) is 4.72 Å². The highest BCUT2D eigenvalue weighted by molar-refractivity contribution is 7.89. The highest BCUT2D eigenvalue weighted by atomic mass is 32.2. The molecule has 1 aromatic carbocycles. The van der Waals surface area contributed by atoms with E-state index in [2.05, 4.69) is 11.3 Å². The van der Waals surface area contributed by atoms with Gasteiger partial charge in [0, 0.05) is 6.04 Å². The number of halogens is 1. The van der Waals surface area contributed by atoms with Gasteiger partial charge in [-0.1, -0.05) is 6.58 Å². The first-order valence-corrected chi connectivity index (χ1v) is 7.29. The molecule has 0 atom stereocenters. The summed E-state index contributed by atoms with van der Waals surface area (Å²) in [5, 5.41) is 11.6. The maximum absolute atomic E-state index is 12.6. The summed E-state index contributed by atoms with van der Waals surface area (Å²) in [6.45, 7) is 2.81. The number of amides is 1. The number of carbonyl (C=O) groups is 1. The lowest BCUT2D eigenvalue weighted by molar-refractivity contribution is -0.114. The van der Waals surface area contributed by atoms with Gasteiger partial charge >= 0.3 is 0 Å². The number of aromatic hydroxyl groups is 1. The van der Waals surface area contributed by atoms with Crippen LogP contribution in [0.25, 0.3) is 0 Å². The van der Waals surface area contributed by atoms with E-state index in [9.17, 15) is 22.7 Å². The highest BCUT2D eigenvalue weighted by Crippen LogP contribution is 2.28. The second-order valence-electron chi connectivity index (χ2n) is 4.43. The summed E-state index contributed by atoms with van der Waals surface area (Å²) >= 11 is 0. The number of hydrogen-bond acceptors (Lipinski definition) is 4. The molecule has 0 aromatic heterocycles. The van der Waals surface area contributed by atoms with Crippen LogP contribution in [0.15, 0.2) is 35.5 Å². The van der Waals surface area contributed by atoms with Crippen LogP contribution < -0.4 is 10.0 Å². The highest BCUT2D eigenvalue weighted by Gasteiger charge is 2.28. The lowest BCUT2D eigenvalue weighted by Gasteiger charge is -2.10. The fraction of sp³-hybridized carbons (Fsp3) is 0.250. The van der Waals surface area contributed by atoms with Gasteiger partial charge < -0.3 is 10.4 Å². The molecular weight excluding hydrogens is 287 g/mol. The van der Waals surface area contributed by atoms with Crippen LogP contribution in [0.3, 0.4) is 0 Å². The average Bonchev–Trinajstić information content (AvgIpc) is 3.14. The Kier molecular flexibility index (Phi) is 3.78. The molecule has 6 nitrogen and oxygen atoms in total. The molecule has 0 bridgehead atoms. The van der Waals surface area contributed by atoms with Crippen LogP contribution in [0.5, 0.6) is 5.75 Å². The summed E-state index contributed by atoms with van der Waals surface area (Å²) in [7, 11) is -3.72. The van der Waals surface area contributed by atoms with Crippen molar-refractivity contribution in [3.05, 3.63) is 30.6 Å². The third-order valence-corrected chi connectivity index (χ3v) is 4.19. The minimum Gasteiger partial charge on any atom is -0.506 e. The maximum Gasteiger partial charge on any atom is 0.283 e. The van der Waals surface area contributed by atoms with E-state index in [1.807, 2.05) is 5.32 Å². The molecule has 108 valence electrons. The number of rotatable bonds is 5. The number of sulfonamides is 1. The predicted octanol–water partition coefficient (Wildman–Crippen LogP) is 1.25. The van der Waals surface area contributed by atoms with E-state index in [1.54, 1.807) is 0 Å². The maximum atomic E-state index is 12.6. The van der Waals surface area contributed by atoms with Gasteiger partial charge in [-0.25, -0.2) is 17.5 Å². The fourth-order valence-corrected chi connectivity index (χ4v) is 2.79. The first-order valence-electron chi connectivity index (χ1n) is 5.81. The second kappa shape index (κ2) is 5.22. The predicted molar refractivity (Wildman–Crippen MR) is 70.3 cm³/mol. The van der Waals surface area contributed by atoms with Crippen LogP contribution in [0, 0.1) is 0 Å². The molecule has 1 aliphatic carbocycles. The molecule has 3 N–H and O–H groups in total. The lowest BCUT2D eigenvalue weighted by atomic mass is 10.3. The van der Waals surface area contributed by atoms with Crippen molar-refractivity contribution in [3.8, 4) is 5.75 Å². The summed E-state index contributed by atoms with van der Waals surface area (Å²) in [5.74, 6) is -2.76. The SMILES string of the molecule is C=C(F)C(=O)Nc1cc(S(=O)(=O)NC2CC2)ccc1O. The summed E-state index contributed by atoms with van der Waals surface area (Å²) in [6.07, 6.45) is 1.56. The van der Waals surface area contributed by atoms with Crippen molar-refractivity contribution in [2.24, 2.45) is 0 Å². The zero-order valence-electron chi connectivity index (χ0n) is 10.4. The van der Waals surface area contributed by atoms with E-state index >= 15 is 0 Å². The molecule has 0 heterocycles. The molecule has 1 aromatic rings. The first kappa shape index (κ1) is 14.5. The lowest BCUT2D eigenvalue weighted by Crippen LogP contribution is -2.25. The molecule has 2 rings (SSSR count). The summed E-state index contributed by atoms with van der Waals surface area (Å²) < 4.78 is 39.0. The quantitative estimate of drug-likeness (QED) is 0.563.